The van der Waals surface area contributed by atoms with Crippen LogP contribution < -0.4 is 0 Å². The zero-order valence-electron chi connectivity index (χ0n) is 8.91. The molecule has 1 heterocycles. The van der Waals surface area contributed by atoms with Gasteiger partial charge < -0.3 is 5.11 Å². The van der Waals surface area contributed by atoms with Crippen LogP contribution in [0.1, 0.15) is 33.6 Å². The monoisotopic (exact) mass is 199 g/mol. The Morgan fingerprint density at radius 3 is 2.07 bits per heavy atom. The topological polar surface area (TPSA) is 57.6 Å². The first kappa shape index (κ1) is 11.2. The SMILES string of the molecule is CC(C)(C)C(O)CN1C(=O)CCC1=O. The molecule has 1 saturated heterocycles. The molecular weight excluding hydrogens is 182 g/mol. The number of amides is 2. The van der Waals surface area contributed by atoms with Gasteiger partial charge in [0.2, 0.25) is 11.8 Å². The van der Waals surface area contributed by atoms with Gasteiger partial charge in [-0.25, -0.2) is 0 Å². The number of aliphatic hydroxyl groups is 1. The zero-order chi connectivity index (χ0) is 10.9. The fraction of sp³-hybridized carbons (Fsp3) is 0.800. The average Bonchev–Trinajstić information content (AvgIpc) is 2.34. The molecule has 1 rings (SSSR count). The number of carbonyl (C=O) groups is 2. The van der Waals surface area contributed by atoms with Crippen molar-refractivity contribution in [2.24, 2.45) is 5.41 Å². The van der Waals surface area contributed by atoms with Gasteiger partial charge in [-0.2, -0.15) is 0 Å². The molecule has 1 aliphatic heterocycles. The van der Waals surface area contributed by atoms with Crippen LogP contribution in [0.15, 0.2) is 0 Å². The van der Waals surface area contributed by atoms with Crippen LogP contribution in [0.3, 0.4) is 0 Å². The van der Waals surface area contributed by atoms with E-state index in [4.69, 9.17) is 0 Å². The number of likely N-dealkylation sites (tertiary alicyclic amines) is 1. The van der Waals surface area contributed by atoms with E-state index in [-0.39, 0.29) is 36.6 Å². The normalized spacial score (nSPS) is 20.4. The van der Waals surface area contributed by atoms with Crippen molar-refractivity contribution < 1.29 is 14.7 Å². The zero-order valence-corrected chi connectivity index (χ0v) is 8.91. The maximum atomic E-state index is 11.2. The summed E-state index contributed by atoms with van der Waals surface area (Å²) in [5, 5.41) is 9.74. The van der Waals surface area contributed by atoms with Gasteiger partial charge in [0.1, 0.15) is 0 Å². The number of imide groups is 1. The van der Waals surface area contributed by atoms with Gasteiger partial charge in [0.05, 0.1) is 12.6 Å². The average molecular weight is 199 g/mol. The lowest BCUT2D eigenvalue weighted by Crippen LogP contribution is -2.41. The molecule has 0 aromatic heterocycles. The quantitative estimate of drug-likeness (QED) is 0.660. The van der Waals surface area contributed by atoms with E-state index < -0.39 is 6.10 Å². The Morgan fingerprint density at radius 1 is 1.29 bits per heavy atom. The second-order valence-corrected chi connectivity index (χ2v) is 4.78. The van der Waals surface area contributed by atoms with Crippen LogP contribution in [-0.2, 0) is 9.59 Å². The molecule has 1 N–H and O–H groups in total. The van der Waals surface area contributed by atoms with Crippen LogP contribution in [0.4, 0.5) is 0 Å². The van der Waals surface area contributed by atoms with Crippen LogP contribution >= 0.6 is 0 Å². The van der Waals surface area contributed by atoms with E-state index >= 15 is 0 Å². The molecule has 1 aliphatic rings. The maximum absolute atomic E-state index is 11.2. The molecule has 1 unspecified atom stereocenters. The van der Waals surface area contributed by atoms with Gasteiger partial charge in [0.15, 0.2) is 0 Å². The minimum Gasteiger partial charge on any atom is -0.391 e. The van der Waals surface area contributed by atoms with Gasteiger partial charge in [-0.05, 0) is 5.41 Å². The number of nitrogens with zero attached hydrogens (tertiary/aromatic N) is 1. The van der Waals surface area contributed by atoms with E-state index in [9.17, 15) is 14.7 Å². The fourth-order valence-corrected chi connectivity index (χ4v) is 1.27. The third-order valence-corrected chi connectivity index (χ3v) is 2.51. The molecule has 2 amide bonds. The summed E-state index contributed by atoms with van der Waals surface area (Å²) in [7, 11) is 0. The Morgan fingerprint density at radius 2 is 1.71 bits per heavy atom. The van der Waals surface area contributed by atoms with Crippen LogP contribution in [0, 0.1) is 5.41 Å². The van der Waals surface area contributed by atoms with Crippen LogP contribution in [-0.4, -0.2) is 34.5 Å². The molecule has 0 bridgehead atoms. The van der Waals surface area contributed by atoms with Gasteiger partial charge in [-0.15, -0.1) is 0 Å². The summed E-state index contributed by atoms with van der Waals surface area (Å²) in [6.45, 7) is 5.76. The van der Waals surface area contributed by atoms with Gasteiger partial charge in [-0.1, -0.05) is 20.8 Å². The molecule has 0 aliphatic carbocycles. The van der Waals surface area contributed by atoms with Crippen molar-refractivity contribution in [3.05, 3.63) is 0 Å². The van der Waals surface area contributed by atoms with E-state index in [1.54, 1.807) is 0 Å². The number of β-amino-alcohol motifs (C(OH)–C–C–N with tert-alkyl or cyclic N) is 1. The minimum absolute atomic E-state index is 0.126. The van der Waals surface area contributed by atoms with Crippen molar-refractivity contribution in [1.29, 1.82) is 0 Å². The van der Waals surface area contributed by atoms with Crippen molar-refractivity contribution in [2.45, 2.75) is 39.7 Å². The highest BCUT2D eigenvalue weighted by Gasteiger charge is 2.33. The third kappa shape index (κ3) is 2.32. The maximum Gasteiger partial charge on any atom is 0.229 e. The van der Waals surface area contributed by atoms with Crippen LogP contribution in [0.2, 0.25) is 0 Å². The molecule has 0 aromatic carbocycles. The Kier molecular flexibility index (Phi) is 2.95. The first-order chi connectivity index (χ1) is 6.32. The van der Waals surface area contributed by atoms with Gasteiger partial charge >= 0.3 is 0 Å². The fourth-order valence-electron chi connectivity index (χ4n) is 1.27. The molecule has 1 atom stereocenters. The smallest absolute Gasteiger partial charge is 0.229 e. The highest BCUT2D eigenvalue weighted by Crippen LogP contribution is 2.22. The van der Waals surface area contributed by atoms with E-state index in [2.05, 4.69) is 0 Å². The number of carbonyl (C=O) groups excluding carboxylic acids is 2. The first-order valence-electron chi connectivity index (χ1n) is 4.83. The summed E-state index contributed by atoms with van der Waals surface area (Å²) < 4.78 is 0. The lowest BCUT2D eigenvalue weighted by atomic mass is 9.89. The Labute approximate surface area is 83.9 Å². The summed E-state index contributed by atoms with van der Waals surface area (Å²) >= 11 is 0. The van der Waals surface area contributed by atoms with E-state index in [0.29, 0.717) is 0 Å². The molecule has 14 heavy (non-hydrogen) atoms. The van der Waals surface area contributed by atoms with Gasteiger partial charge in [-0.3, -0.25) is 14.5 Å². The number of rotatable bonds is 2. The van der Waals surface area contributed by atoms with Crippen LogP contribution in [0.25, 0.3) is 0 Å². The molecule has 0 radical (unpaired) electrons. The highest BCUT2D eigenvalue weighted by molar-refractivity contribution is 6.01. The second-order valence-electron chi connectivity index (χ2n) is 4.78. The summed E-state index contributed by atoms with van der Waals surface area (Å²) in [6, 6.07) is 0. The summed E-state index contributed by atoms with van der Waals surface area (Å²) in [5.41, 5.74) is -0.302. The lowest BCUT2D eigenvalue weighted by molar-refractivity contribution is -0.141. The van der Waals surface area contributed by atoms with Crippen molar-refractivity contribution in [2.75, 3.05) is 6.54 Å². The number of hydrogen-bond acceptors (Lipinski definition) is 3. The minimum atomic E-state index is -0.659. The molecule has 0 aromatic rings. The van der Waals surface area contributed by atoms with Crippen molar-refractivity contribution in [3.63, 3.8) is 0 Å². The lowest BCUT2D eigenvalue weighted by Gasteiger charge is -2.28. The summed E-state index contributed by atoms with van der Waals surface area (Å²) in [5.74, 6) is -0.336. The molecular formula is C10H17NO3. The van der Waals surface area contributed by atoms with E-state index in [1.807, 2.05) is 20.8 Å². The highest BCUT2D eigenvalue weighted by atomic mass is 16.3. The Balaban J connectivity index is 2.60. The van der Waals surface area contributed by atoms with Gasteiger partial charge in [0, 0.05) is 12.8 Å². The molecule has 1 fully saturated rings. The summed E-state index contributed by atoms with van der Waals surface area (Å²) in [6.07, 6.45) is -0.0840. The first-order valence-corrected chi connectivity index (χ1v) is 4.83. The molecule has 4 heteroatoms. The molecule has 80 valence electrons. The predicted octanol–water partition coefficient (Wildman–Crippen LogP) is 0.542. The van der Waals surface area contributed by atoms with Crippen molar-refractivity contribution in [3.8, 4) is 0 Å². The largest absolute Gasteiger partial charge is 0.391 e. The second kappa shape index (κ2) is 3.69. The number of hydrogen-bond donors (Lipinski definition) is 1. The summed E-state index contributed by atoms with van der Waals surface area (Å²) in [4.78, 5) is 23.6. The molecule has 0 saturated carbocycles. The predicted molar refractivity (Wildman–Crippen MR) is 51.4 cm³/mol. The Hall–Kier alpha value is -0.900. The van der Waals surface area contributed by atoms with Gasteiger partial charge in [0.25, 0.3) is 0 Å². The molecule has 4 nitrogen and oxygen atoms in total. The van der Waals surface area contributed by atoms with Crippen molar-refractivity contribution in [1.82, 2.24) is 4.90 Å². The van der Waals surface area contributed by atoms with Crippen LogP contribution in [0.5, 0.6) is 0 Å². The standard InChI is InChI=1S/C10H17NO3/c1-10(2,3)7(12)6-11-8(13)4-5-9(11)14/h7,12H,4-6H2,1-3H3. The third-order valence-electron chi connectivity index (χ3n) is 2.51. The Bertz CT molecular complexity index is 239. The van der Waals surface area contributed by atoms with E-state index in [1.165, 1.54) is 0 Å². The molecule has 0 spiro atoms. The van der Waals surface area contributed by atoms with E-state index in [0.717, 1.165) is 4.90 Å². The number of aliphatic hydroxyl groups excluding tert-OH is 1. The van der Waals surface area contributed by atoms with Crippen molar-refractivity contribution >= 4 is 11.8 Å².